The Kier molecular flexibility index (Phi) is 4.86. The second kappa shape index (κ2) is 6.89. The van der Waals surface area contributed by atoms with E-state index in [9.17, 15) is 13.2 Å². The predicted molar refractivity (Wildman–Crippen MR) is 83.2 cm³/mol. The van der Waals surface area contributed by atoms with Crippen molar-refractivity contribution in [3.05, 3.63) is 28.3 Å². The Hall–Kier alpha value is -1.94. The molecule has 0 unspecified atom stereocenters. The average Bonchev–Trinajstić information content (AvgIpc) is 3.04. The van der Waals surface area contributed by atoms with Crippen LogP contribution in [0.1, 0.15) is 10.7 Å². The molecule has 0 saturated carbocycles. The number of piperazine rings is 1. The van der Waals surface area contributed by atoms with Gasteiger partial charge in [0.2, 0.25) is 11.8 Å². The molecular formula is C14H16F3N5OS. The fourth-order valence-corrected chi connectivity index (χ4v) is 3.25. The van der Waals surface area contributed by atoms with E-state index in [0.29, 0.717) is 49.6 Å². The minimum absolute atomic E-state index is 0.424. The van der Waals surface area contributed by atoms with Gasteiger partial charge in [0.25, 0.3) is 0 Å². The Labute approximate surface area is 140 Å². The first-order valence-corrected chi connectivity index (χ1v) is 8.19. The Morgan fingerprint density at radius 2 is 1.96 bits per heavy atom. The summed E-state index contributed by atoms with van der Waals surface area (Å²) in [6, 6.07) is 1.68. The molecule has 0 bridgehead atoms. The highest BCUT2D eigenvalue weighted by molar-refractivity contribution is 7.09. The highest BCUT2D eigenvalue weighted by atomic mass is 32.1. The molecule has 3 heterocycles. The van der Waals surface area contributed by atoms with Gasteiger partial charge < -0.3 is 9.64 Å². The van der Waals surface area contributed by atoms with E-state index in [0.717, 1.165) is 16.7 Å². The molecule has 0 N–H and O–H groups in total. The first-order valence-electron chi connectivity index (χ1n) is 7.31. The molecule has 10 heteroatoms. The van der Waals surface area contributed by atoms with Crippen molar-refractivity contribution in [3.8, 4) is 5.88 Å². The summed E-state index contributed by atoms with van der Waals surface area (Å²) >= 11 is 1.04. The van der Waals surface area contributed by atoms with Gasteiger partial charge in [-0.05, 0) is 0 Å². The topological polar surface area (TPSA) is 54.4 Å². The number of alkyl halides is 3. The molecule has 3 rings (SSSR count). The van der Waals surface area contributed by atoms with Gasteiger partial charge in [0.05, 0.1) is 13.7 Å². The molecule has 1 aliphatic heterocycles. The number of nitrogens with zero attached hydrogens (tertiary/aromatic N) is 5. The summed E-state index contributed by atoms with van der Waals surface area (Å²) < 4.78 is 42.8. The summed E-state index contributed by atoms with van der Waals surface area (Å²) in [7, 11) is 1.55. The van der Waals surface area contributed by atoms with Gasteiger partial charge in [0, 0.05) is 43.8 Å². The standard InChI is InChI=1S/C14H16F3N5OS/c1-23-11-2-3-18-13(20-11)22-6-4-21(5-7-22)8-12-19-10(9-24-12)14(15,16)17/h2-3,9H,4-8H2,1H3. The lowest BCUT2D eigenvalue weighted by atomic mass is 10.3. The largest absolute Gasteiger partial charge is 0.481 e. The quantitative estimate of drug-likeness (QED) is 0.835. The molecule has 130 valence electrons. The van der Waals surface area contributed by atoms with Gasteiger partial charge in [-0.25, -0.2) is 9.97 Å². The Morgan fingerprint density at radius 3 is 2.58 bits per heavy atom. The smallest absolute Gasteiger partial charge is 0.434 e. The summed E-state index contributed by atoms with van der Waals surface area (Å²) in [6.45, 7) is 3.24. The number of thiazole rings is 1. The van der Waals surface area contributed by atoms with Gasteiger partial charge in [-0.15, -0.1) is 11.3 Å². The molecule has 24 heavy (non-hydrogen) atoms. The lowest BCUT2D eigenvalue weighted by Gasteiger charge is -2.34. The first-order chi connectivity index (χ1) is 11.5. The molecule has 1 aliphatic rings. The molecule has 2 aromatic heterocycles. The van der Waals surface area contributed by atoms with Crippen LogP contribution in [0.5, 0.6) is 5.88 Å². The number of halogens is 3. The van der Waals surface area contributed by atoms with Gasteiger partial charge in [0.1, 0.15) is 5.01 Å². The Morgan fingerprint density at radius 1 is 1.21 bits per heavy atom. The summed E-state index contributed by atoms with van der Waals surface area (Å²) in [5.41, 5.74) is -0.814. The van der Waals surface area contributed by atoms with Crippen LogP contribution < -0.4 is 9.64 Å². The summed E-state index contributed by atoms with van der Waals surface area (Å²) in [5, 5.41) is 1.55. The van der Waals surface area contributed by atoms with Crippen molar-refractivity contribution in [1.82, 2.24) is 19.9 Å². The van der Waals surface area contributed by atoms with E-state index in [-0.39, 0.29) is 0 Å². The minimum atomic E-state index is -4.38. The van der Waals surface area contributed by atoms with Gasteiger partial charge in [-0.1, -0.05) is 0 Å². The number of aromatic nitrogens is 3. The summed E-state index contributed by atoms with van der Waals surface area (Å²) in [6.07, 6.45) is -2.74. The third-order valence-electron chi connectivity index (χ3n) is 3.68. The molecule has 0 atom stereocenters. The number of methoxy groups -OCH3 is 1. The second-order valence-corrected chi connectivity index (χ2v) is 6.23. The molecule has 0 spiro atoms. The van der Waals surface area contributed by atoms with Crippen molar-refractivity contribution in [3.63, 3.8) is 0 Å². The SMILES string of the molecule is COc1ccnc(N2CCN(Cc3nc(C(F)(F)F)cs3)CC2)n1. The fourth-order valence-electron chi connectivity index (χ4n) is 2.41. The third kappa shape index (κ3) is 3.93. The normalized spacial score (nSPS) is 16.4. The number of hydrogen-bond acceptors (Lipinski definition) is 7. The van der Waals surface area contributed by atoms with E-state index in [2.05, 4.69) is 19.9 Å². The van der Waals surface area contributed by atoms with Crippen LogP contribution in [0.25, 0.3) is 0 Å². The van der Waals surface area contributed by atoms with Crippen molar-refractivity contribution in [2.75, 3.05) is 38.2 Å². The third-order valence-corrected chi connectivity index (χ3v) is 4.52. The zero-order valence-corrected chi connectivity index (χ0v) is 13.8. The molecule has 0 radical (unpaired) electrons. The lowest BCUT2D eigenvalue weighted by molar-refractivity contribution is -0.140. The van der Waals surface area contributed by atoms with Crippen LogP contribution in [-0.2, 0) is 12.7 Å². The van der Waals surface area contributed by atoms with Gasteiger partial charge in [0.15, 0.2) is 5.69 Å². The van der Waals surface area contributed by atoms with Crippen LogP contribution in [0.4, 0.5) is 19.1 Å². The zero-order chi connectivity index (χ0) is 17.2. The van der Waals surface area contributed by atoms with E-state index in [1.165, 1.54) is 0 Å². The predicted octanol–water partition coefficient (Wildman–Crippen LogP) is 2.28. The molecule has 1 fully saturated rings. The van der Waals surface area contributed by atoms with Crippen LogP contribution >= 0.6 is 11.3 Å². The van der Waals surface area contributed by atoms with E-state index in [1.807, 2.05) is 4.90 Å². The molecule has 2 aromatic rings. The van der Waals surface area contributed by atoms with Crippen LogP contribution in [0, 0.1) is 0 Å². The van der Waals surface area contributed by atoms with E-state index in [1.54, 1.807) is 19.4 Å². The van der Waals surface area contributed by atoms with Crippen molar-refractivity contribution in [2.45, 2.75) is 12.7 Å². The number of ether oxygens (including phenoxy) is 1. The number of rotatable bonds is 4. The van der Waals surface area contributed by atoms with Crippen LogP contribution in [0.3, 0.4) is 0 Å². The van der Waals surface area contributed by atoms with E-state index in [4.69, 9.17) is 4.74 Å². The minimum Gasteiger partial charge on any atom is -0.481 e. The van der Waals surface area contributed by atoms with Gasteiger partial charge in [-0.2, -0.15) is 18.2 Å². The number of anilines is 1. The van der Waals surface area contributed by atoms with Crippen LogP contribution in [0.2, 0.25) is 0 Å². The Bertz CT molecular complexity index is 685. The maximum absolute atomic E-state index is 12.6. The highest BCUT2D eigenvalue weighted by Crippen LogP contribution is 2.30. The second-order valence-electron chi connectivity index (χ2n) is 5.29. The summed E-state index contributed by atoms with van der Waals surface area (Å²) in [5.74, 6) is 1.10. The highest BCUT2D eigenvalue weighted by Gasteiger charge is 2.34. The average molecular weight is 359 g/mol. The van der Waals surface area contributed by atoms with Crippen molar-refractivity contribution in [2.24, 2.45) is 0 Å². The molecule has 6 nitrogen and oxygen atoms in total. The monoisotopic (exact) mass is 359 g/mol. The number of hydrogen-bond donors (Lipinski definition) is 0. The van der Waals surface area contributed by atoms with Gasteiger partial charge >= 0.3 is 6.18 Å². The molecular weight excluding hydrogens is 343 g/mol. The van der Waals surface area contributed by atoms with Crippen LogP contribution in [-0.4, -0.2) is 53.1 Å². The molecule has 0 amide bonds. The molecule has 0 aromatic carbocycles. The fraction of sp³-hybridized carbons (Fsp3) is 0.500. The molecule has 0 aliphatic carbocycles. The maximum atomic E-state index is 12.6. The Balaban J connectivity index is 1.56. The first kappa shape index (κ1) is 16.9. The van der Waals surface area contributed by atoms with E-state index >= 15 is 0 Å². The maximum Gasteiger partial charge on any atom is 0.434 e. The molecule has 1 saturated heterocycles. The lowest BCUT2D eigenvalue weighted by Crippen LogP contribution is -2.46. The van der Waals surface area contributed by atoms with Gasteiger partial charge in [-0.3, -0.25) is 4.90 Å². The van der Waals surface area contributed by atoms with Crippen LogP contribution in [0.15, 0.2) is 17.6 Å². The zero-order valence-electron chi connectivity index (χ0n) is 13.0. The van der Waals surface area contributed by atoms with Crippen molar-refractivity contribution >= 4 is 17.3 Å². The van der Waals surface area contributed by atoms with Crippen molar-refractivity contribution in [1.29, 1.82) is 0 Å². The van der Waals surface area contributed by atoms with E-state index < -0.39 is 11.9 Å². The van der Waals surface area contributed by atoms with Crippen molar-refractivity contribution < 1.29 is 17.9 Å². The summed E-state index contributed by atoms with van der Waals surface area (Å²) in [4.78, 5) is 16.3.